The van der Waals surface area contributed by atoms with Gasteiger partial charge in [0.15, 0.2) is 0 Å². The quantitative estimate of drug-likeness (QED) is 0.771. The Bertz CT molecular complexity index is 960. The first-order valence-electron chi connectivity index (χ1n) is 10.3. The van der Waals surface area contributed by atoms with Gasteiger partial charge in [-0.25, -0.2) is 0 Å². The highest BCUT2D eigenvalue weighted by atomic mass is 16.2. The Morgan fingerprint density at radius 3 is 2.43 bits per heavy atom. The van der Waals surface area contributed by atoms with Crippen LogP contribution >= 0.6 is 0 Å². The van der Waals surface area contributed by atoms with Gasteiger partial charge in [0, 0.05) is 24.3 Å². The van der Waals surface area contributed by atoms with Gasteiger partial charge in [0.05, 0.1) is 12.5 Å². The van der Waals surface area contributed by atoms with Gasteiger partial charge in [-0.2, -0.15) is 0 Å². The van der Waals surface area contributed by atoms with E-state index in [0.29, 0.717) is 6.54 Å². The Hall–Kier alpha value is -3.15. The predicted octanol–water partition coefficient (Wildman–Crippen LogP) is 3.28. The minimum Gasteiger partial charge on any atom is -0.347 e. The second-order valence-electron chi connectivity index (χ2n) is 7.93. The number of aryl methyl sites for hydroxylation is 4. The number of nitrogens with one attached hydrogen (secondary N) is 2. The second kappa shape index (κ2) is 9.11. The van der Waals surface area contributed by atoms with E-state index in [1.54, 1.807) is 4.90 Å². The van der Waals surface area contributed by atoms with Crippen LogP contribution in [0.5, 0.6) is 0 Å². The summed E-state index contributed by atoms with van der Waals surface area (Å²) in [5, 5.41) is 5.57. The first-order chi connectivity index (χ1) is 14.3. The normalized spacial score (nSPS) is 15.9. The van der Waals surface area contributed by atoms with Crippen LogP contribution in [0.3, 0.4) is 0 Å². The van der Waals surface area contributed by atoms with Gasteiger partial charge in [-0.1, -0.05) is 42.8 Å². The summed E-state index contributed by atoms with van der Waals surface area (Å²) in [4.78, 5) is 39.1. The predicted molar refractivity (Wildman–Crippen MR) is 119 cm³/mol. The minimum absolute atomic E-state index is 0.0635. The Kier molecular flexibility index (Phi) is 6.55. The molecule has 158 valence electrons. The largest absolute Gasteiger partial charge is 0.347 e. The van der Waals surface area contributed by atoms with Gasteiger partial charge < -0.3 is 15.5 Å². The van der Waals surface area contributed by atoms with Crippen LogP contribution < -0.4 is 15.5 Å². The molecule has 1 aliphatic heterocycles. The summed E-state index contributed by atoms with van der Waals surface area (Å²) in [6, 6.07) is 11.8. The van der Waals surface area contributed by atoms with E-state index in [1.165, 1.54) is 0 Å². The number of rotatable bonds is 6. The lowest BCUT2D eigenvalue weighted by Gasteiger charge is -2.20. The fraction of sp³-hybridized carbons (Fsp3) is 0.375. The molecule has 3 amide bonds. The molecule has 2 aromatic carbocycles. The maximum Gasteiger partial charge on any atom is 0.243 e. The van der Waals surface area contributed by atoms with Crippen molar-refractivity contribution in [3.63, 3.8) is 0 Å². The van der Waals surface area contributed by atoms with Crippen LogP contribution in [0.4, 0.5) is 11.4 Å². The number of hydrogen-bond acceptors (Lipinski definition) is 3. The van der Waals surface area contributed by atoms with E-state index in [-0.39, 0.29) is 30.7 Å². The number of nitrogens with zero attached hydrogens (tertiary/aromatic N) is 1. The summed E-state index contributed by atoms with van der Waals surface area (Å²) in [7, 11) is 0. The molecular formula is C24H29N3O3. The van der Waals surface area contributed by atoms with E-state index < -0.39 is 5.92 Å². The smallest absolute Gasteiger partial charge is 0.243 e. The third kappa shape index (κ3) is 4.70. The number of benzene rings is 2. The highest BCUT2D eigenvalue weighted by Crippen LogP contribution is 2.28. The van der Waals surface area contributed by atoms with Crippen molar-refractivity contribution in [2.24, 2.45) is 5.92 Å². The molecule has 1 saturated heterocycles. The van der Waals surface area contributed by atoms with Crippen LogP contribution in [0.25, 0.3) is 0 Å². The second-order valence-corrected chi connectivity index (χ2v) is 7.93. The van der Waals surface area contributed by atoms with E-state index in [2.05, 4.69) is 10.6 Å². The molecule has 0 saturated carbocycles. The molecular weight excluding hydrogens is 378 g/mol. The molecule has 0 spiro atoms. The van der Waals surface area contributed by atoms with E-state index >= 15 is 0 Å². The van der Waals surface area contributed by atoms with Crippen molar-refractivity contribution in [2.45, 2.75) is 40.5 Å². The summed E-state index contributed by atoms with van der Waals surface area (Å²) in [6.45, 7) is 8.15. The molecule has 3 rings (SSSR count). The first kappa shape index (κ1) is 21.6. The molecule has 2 aromatic rings. The van der Waals surface area contributed by atoms with Crippen molar-refractivity contribution >= 4 is 29.1 Å². The average Bonchev–Trinajstić information content (AvgIpc) is 3.10. The topological polar surface area (TPSA) is 78.5 Å². The van der Waals surface area contributed by atoms with Gasteiger partial charge in [0.2, 0.25) is 17.7 Å². The van der Waals surface area contributed by atoms with Gasteiger partial charge >= 0.3 is 0 Å². The minimum atomic E-state index is -0.460. The van der Waals surface area contributed by atoms with Crippen molar-refractivity contribution in [1.82, 2.24) is 5.32 Å². The van der Waals surface area contributed by atoms with Gasteiger partial charge in [-0.15, -0.1) is 0 Å². The van der Waals surface area contributed by atoms with Crippen molar-refractivity contribution in [1.29, 1.82) is 0 Å². The molecule has 0 aliphatic carbocycles. The van der Waals surface area contributed by atoms with Crippen molar-refractivity contribution in [2.75, 3.05) is 23.3 Å². The van der Waals surface area contributed by atoms with Crippen molar-refractivity contribution < 1.29 is 14.4 Å². The number of hydrogen-bond donors (Lipinski definition) is 2. The maximum absolute atomic E-state index is 12.6. The summed E-state index contributed by atoms with van der Waals surface area (Å²) in [5.41, 5.74) is 5.82. The number of carbonyl (C=O) groups is 3. The molecule has 6 nitrogen and oxygen atoms in total. The number of amides is 3. The van der Waals surface area contributed by atoms with E-state index in [9.17, 15) is 14.4 Å². The van der Waals surface area contributed by atoms with Gasteiger partial charge in [-0.05, 0) is 49.9 Å². The molecule has 1 unspecified atom stereocenters. The third-order valence-electron chi connectivity index (χ3n) is 5.52. The number of carbonyl (C=O) groups excluding carboxylic acids is 3. The zero-order chi connectivity index (χ0) is 21.8. The molecule has 6 heteroatoms. The standard InChI is InChI=1S/C24H29N3O3/c1-5-18-8-6-7-9-20(18)27-14-19(12-22(27)29)24(30)25-13-21(28)26-23-16(3)10-15(2)11-17(23)4/h6-11,19H,5,12-14H2,1-4H3,(H,25,30)(H,26,28). The van der Waals surface area contributed by atoms with E-state index in [0.717, 1.165) is 40.0 Å². The van der Waals surface area contributed by atoms with Gasteiger partial charge in [0.25, 0.3) is 0 Å². The molecule has 0 aromatic heterocycles. The lowest BCUT2D eigenvalue weighted by molar-refractivity contribution is -0.127. The molecule has 1 atom stereocenters. The van der Waals surface area contributed by atoms with E-state index in [1.807, 2.05) is 64.1 Å². The zero-order valence-corrected chi connectivity index (χ0v) is 18.0. The maximum atomic E-state index is 12.6. The van der Waals surface area contributed by atoms with Gasteiger partial charge in [-0.3, -0.25) is 14.4 Å². The van der Waals surface area contributed by atoms with Gasteiger partial charge in [0.1, 0.15) is 0 Å². The Morgan fingerprint density at radius 1 is 1.10 bits per heavy atom. The highest BCUT2D eigenvalue weighted by molar-refractivity contribution is 6.02. The first-order valence-corrected chi connectivity index (χ1v) is 10.3. The summed E-state index contributed by atoms with van der Waals surface area (Å²) in [5.74, 6) is -1.08. The lowest BCUT2D eigenvalue weighted by Crippen LogP contribution is -2.38. The summed E-state index contributed by atoms with van der Waals surface area (Å²) in [6.07, 6.45) is 0.969. The van der Waals surface area contributed by atoms with Crippen LogP contribution in [0, 0.1) is 26.7 Å². The molecule has 2 N–H and O–H groups in total. The average molecular weight is 408 g/mol. The molecule has 1 aliphatic rings. The zero-order valence-electron chi connectivity index (χ0n) is 18.0. The van der Waals surface area contributed by atoms with Crippen LogP contribution in [-0.2, 0) is 20.8 Å². The number of para-hydroxylation sites is 1. The van der Waals surface area contributed by atoms with Crippen molar-refractivity contribution in [3.8, 4) is 0 Å². The monoisotopic (exact) mass is 407 g/mol. The molecule has 1 heterocycles. The molecule has 0 bridgehead atoms. The molecule has 0 radical (unpaired) electrons. The molecule has 30 heavy (non-hydrogen) atoms. The highest BCUT2D eigenvalue weighted by Gasteiger charge is 2.35. The number of anilines is 2. The molecule has 1 fully saturated rings. The Labute approximate surface area is 177 Å². The fourth-order valence-corrected chi connectivity index (χ4v) is 4.06. The van der Waals surface area contributed by atoms with E-state index in [4.69, 9.17) is 0 Å². The lowest BCUT2D eigenvalue weighted by atomic mass is 10.1. The fourth-order valence-electron chi connectivity index (χ4n) is 4.06. The Balaban J connectivity index is 1.58. The Morgan fingerprint density at radius 2 is 1.77 bits per heavy atom. The summed E-state index contributed by atoms with van der Waals surface area (Å²) < 4.78 is 0. The van der Waals surface area contributed by atoms with Crippen LogP contribution in [-0.4, -0.2) is 30.8 Å². The van der Waals surface area contributed by atoms with Crippen LogP contribution in [0.1, 0.15) is 35.6 Å². The van der Waals surface area contributed by atoms with Crippen LogP contribution in [0.15, 0.2) is 36.4 Å². The SMILES string of the molecule is CCc1ccccc1N1CC(C(=O)NCC(=O)Nc2c(C)cc(C)cc2C)CC1=O. The summed E-state index contributed by atoms with van der Waals surface area (Å²) >= 11 is 0. The van der Waals surface area contributed by atoms with Crippen LogP contribution in [0.2, 0.25) is 0 Å². The van der Waals surface area contributed by atoms with Crippen molar-refractivity contribution in [3.05, 3.63) is 58.7 Å². The third-order valence-corrected chi connectivity index (χ3v) is 5.52.